The molecule has 36 heavy (non-hydrogen) atoms. The molecular formula is C25H22N4O6S. The van der Waals surface area contributed by atoms with E-state index in [-0.39, 0.29) is 21.9 Å². The van der Waals surface area contributed by atoms with Crippen LogP contribution in [-0.4, -0.2) is 36.4 Å². The van der Waals surface area contributed by atoms with Crippen molar-refractivity contribution in [2.24, 2.45) is 4.99 Å². The van der Waals surface area contributed by atoms with Crippen LogP contribution in [0.5, 0.6) is 11.6 Å². The molecule has 0 fully saturated rings. The number of aliphatic imine (C=N–C) groups is 1. The van der Waals surface area contributed by atoms with Crippen LogP contribution in [0.2, 0.25) is 0 Å². The minimum absolute atomic E-state index is 0.0573. The van der Waals surface area contributed by atoms with Gasteiger partial charge in [-0.15, -0.1) is 0 Å². The highest BCUT2D eigenvalue weighted by molar-refractivity contribution is 7.92. The van der Waals surface area contributed by atoms with Gasteiger partial charge in [0.05, 0.1) is 17.7 Å². The van der Waals surface area contributed by atoms with Gasteiger partial charge in [-0.25, -0.2) is 17.8 Å². The first-order chi connectivity index (χ1) is 17.2. The lowest BCUT2D eigenvalue weighted by molar-refractivity contribution is 0.415. The van der Waals surface area contributed by atoms with Gasteiger partial charge in [0.25, 0.3) is 15.6 Å². The highest BCUT2D eigenvalue weighted by atomic mass is 32.2. The van der Waals surface area contributed by atoms with E-state index in [1.54, 1.807) is 48.5 Å². The summed E-state index contributed by atoms with van der Waals surface area (Å²) in [5.74, 6) is -0.482. The molecule has 0 atom stereocenters. The molecule has 1 aromatic heterocycles. The Labute approximate surface area is 206 Å². The van der Waals surface area contributed by atoms with Gasteiger partial charge >= 0.3 is 5.69 Å². The molecule has 3 N–H and O–H groups in total. The van der Waals surface area contributed by atoms with E-state index in [2.05, 4.69) is 14.7 Å². The van der Waals surface area contributed by atoms with E-state index in [9.17, 15) is 23.1 Å². The number of anilines is 1. The molecule has 11 heteroatoms. The number of hydrogen-bond donors (Lipinski definition) is 3. The third kappa shape index (κ3) is 5.05. The summed E-state index contributed by atoms with van der Waals surface area (Å²) in [5, 5.41) is 10.7. The number of nitrogens with one attached hydrogen (secondary N) is 2. The third-order valence-electron chi connectivity index (χ3n) is 5.20. The lowest BCUT2D eigenvalue weighted by atomic mass is 10.2. The summed E-state index contributed by atoms with van der Waals surface area (Å²) in [4.78, 5) is 30.9. The van der Waals surface area contributed by atoms with Gasteiger partial charge in [0.1, 0.15) is 17.0 Å². The van der Waals surface area contributed by atoms with Crippen LogP contribution in [0.15, 0.2) is 92.3 Å². The number of nitrogens with zero attached hydrogens (tertiary/aromatic N) is 2. The number of benzene rings is 3. The van der Waals surface area contributed by atoms with Crippen molar-refractivity contribution in [1.82, 2.24) is 9.55 Å². The highest BCUT2D eigenvalue weighted by Gasteiger charge is 2.18. The Bertz CT molecular complexity index is 1680. The zero-order valence-corrected chi connectivity index (χ0v) is 20.1. The predicted octanol–water partition coefficient (Wildman–Crippen LogP) is 3.10. The molecule has 0 unspecified atom stereocenters. The first kappa shape index (κ1) is 24.5. The quantitative estimate of drug-likeness (QED) is 0.329. The Balaban J connectivity index is 1.69. The van der Waals surface area contributed by atoms with Crippen LogP contribution in [0.1, 0.15) is 11.1 Å². The molecule has 0 spiro atoms. The molecule has 1 heterocycles. The van der Waals surface area contributed by atoms with Gasteiger partial charge in [-0.1, -0.05) is 30.3 Å². The second-order valence-electron chi connectivity index (χ2n) is 7.73. The Hall–Kier alpha value is -4.64. The Morgan fingerprint density at radius 1 is 1.03 bits per heavy atom. The van der Waals surface area contributed by atoms with Crippen molar-refractivity contribution >= 4 is 27.6 Å². The fourth-order valence-corrected chi connectivity index (χ4v) is 4.52. The lowest BCUT2D eigenvalue weighted by Crippen LogP contribution is -2.31. The minimum Gasteiger partial charge on any atom is -0.494 e. The smallest absolute Gasteiger partial charge is 0.335 e. The van der Waals surface area contributed by atoms with Crippen molar-refractivity contribution in [3.63, 3.8) is 0 Å². The third-order valence-corrected chi connectivity index (χ3v) is 6.58. The van der Waals surface area contributed by atoms with Gasteiger partial charge in [0.15, 0.2) is 0 Å². The molecule has 0 aliphatic rings. The van der Waals surface area contributed by atoms with Crippen LogP contribution >= 0.6 is 0 Å². The van der Waals surface area contributed by atoms with Crippen molar-refractivity contribution in [2.75, 3.05) is 11.8 Å². The zero-order valence-electron chi connectivity index (χ0n) is 19.3. The molecule has 0 aliphatic carbocycles. The van der Waals surface area contributed by atoms with E-state index in [4.69, 9.17) is 4.74 Å². The second-order valence-corrected chi connectivity index (χ2v) is 9.42. The summed E-state index contributed by atoms with van der Waals surface area (Å²) in [7, 11) is -2.57. The molecule has 10 nitrogen and oxygen atoms in total. The van der Waals surface area contributed by atoms with Gasteiger partial charge in [-0.2, -0.15) is 0 Å². The molecule has 3 aromatic carbocycles. The average molecular weight is 507 g/mol. The van der Waals surface area contributed by atoms with Crippen LogP contribution in [0, 0.1) is 6.92 Å². The van der Waals surface area contributed by atoms with Crippen molar-refractivity contribution < 1.29 is 18.3 Å². The summed E-state index contributed by atoms with van der Waals surface area (Å²) >= 11 is 0. The fourth-order valence-electron chi connectivity index (χ4n) is 3.46. The normalized spacial score (nSPS) is 11.5. The number of rotatable bonds is 7. The summed E-state index contributed by atoms with van der Waals surface area (Å²) in [5.41, 5.74) is -0.0580. The monoisotopic (exact) mass is 506 g/mol. The van der Waals surface area contributed by atoms with E-state index < -0.39 is 27.2 Å². The number of ether oxygens (including phenoxy) is 1. The van der Waals surface area contributed by atoms with Crippen LogP contribution < -0.4 is 20.7 Å². The number of methoxy groups -OCH3 is 1. The van der Waals surface area contributed by atoms with E-state index >= 15 is 0 Å². The van der Waals surface area contributed by atoms with Gasteiger partial charge in [-0.05, 0) is 48.9 Å². The van der Waals surface area contributed by atoms with Crippen molar-refractivity contribution in [2.45, 2.75) is 11.8 Å². The van der Waals surface area contributed by atoms with Gasteiger partial charge in [0, 0.05) is 18.0 Å². The number of H-pyrrole nitrogens is 1. The molecule has 184 valence electrons. The van der Waals surface area contributed by atoms with Crippen molar-refractivity contribution in [1.29, 1.82) is 0 Å². The maximum atomic E-state index is 12.8. The molecular weight excluding hydrogens is 484 g/mol. The van der Waals surface area contributed by atoms with Gasteiger partial charge in [0.2, 0.25) is 5.88 Å². The number of aromatic hydroxyl groups is 1. The Kier molecular flexibility index (Phi) is 6.75. The van der Waals surface area contributed by atoms with Crippen LogP contribution in [-0.2, 0) is 10.0 Å². The first-order valence-corrected chi connectivity index (χ1v) is 12.1. The second kappa shape index (κ2) is 9.92. The molecule has 0 radical (unpaired) electrons. The number of para-hydroxylation sites is 1. The number of sulfonamides is 1. The molecule has 0 saturated heterocycles. The van der Waals surface area contributed by atoms with Crippen LogP contribution in [0.25, 0.3) is 5.69 Å². The lowest BCUT2D eigenvalue weighted by Gasteiger charge is -2.11. The summed E-state index contributed by atoms with van der Waals surface area (Å²) in [6.07, 6.45) is 1.07. The van der Waals surface area contributed by atoms with E-state index in [0.29, 0.717) is 11.4 Å². The Morgan fingerprint density at radius 3 is 2.47 bits per heavy atom. The van der Waals surface area contributed by atoms with E-state index in [0.717, 1.165) is 16.3 Å². The standard InChI is InChI=1S/C25H22N4O6S/c1-16-7-6-8-17(13-16)28-36(33,34)19-11-12-21(22(14-19)35-2)26-15-20-23(30)27-25(32)29(24(20)31)18-9-4-3-5-10-18/h3-15,28,31H,1-2H3,(H,27,30,32). The topological polar surface area (TPSA) is 143 Å². The number of aromatic amines is 1. The fraction of sp³-hybridized carbons (Fsp3) is 0.0800. The zero-order chi connectivity index (χ0) is 25.9. The van der Waals surface area contributed by atoms with Gasteiger partial charge in [-0.3, -0.25) is 19.5 Å². The SMILES string of the molecule is COc1cc(S(=O)(=O)Nc2cccc(C)c2)ccc1N=Cc1c(O)n(-c2ccccc2)c(=O)[nH]c1=O. The average Bonchev–Trinajstić information content (AvgIpc) is 2.84. The van der Waals surface area contributed by atoms with E-state index in [1.807, 2.05) is 13.0 Å². The van der Waals surface area contributed by atoms with Gasteiger partial charge < -0.3 is 9.84 Å². The maximum absolute atomic E-state index is 12.8. The van der Waals surface area contributed by atoms with Crippen molar-refractivity contribution in [3.8, 4) is 17.3 Å². The Morgan fingerprint density at radius 2 is 1.78 bits per heavy atom. The predicted molar refractivity (Wildman–Crippen MR) is 137 cm³/mol. The van der Waals surface area contributed by atoms with E-state index in [1.165, 1.54) is 25.3 Å². The largest absolute Gasteiger partial charge is 0.494 e. The number of hydrogen-bond acceptors (Lipinski definition) is 7. The first-order valence-electron chi connectivity index (χ1n) is 10.6. The molecule has 4 aromatic rings. The molecule has 0 amide bonds. The summed E-state index contributed by atoms with van der Waals surface area (Å²) in [6.45, 7) is 1.85. The van der Waals surface area contributed by atoms with Crippen molar-refractivity contribution in [3.05, 3.63) is 105 Å². The summed E-state index contributed by atoms with van der Waals surface area (Å²) in [6, 6.07) is 19.2. The maximum Gasteiger partial charge on any atom is 0.335 e. The number of aryl methyl sites for hydroxylation is 1. The highest BCUT2D eigenvalue weighted by Crippen LogP contribution is 2.31. The van der Waals surface area contributed by atoms with Crippen LogP contribution in [0.4, 0.5) is 11.4 Å². The molecule has 0 saturated carbocycles. The summed E-state index contributed by atoms with van der Waals surface area (Å²) < 4.78 is 34.5. The minimum atomic E-state index is -3.92. The molecule has 4 rings (SSSR count). The molecule has 0 bridgehead atoms. The number of aromatic nitrogens is 2. The van der Waals surface area contributed by atoms with Crippen LogP contribution in [0.3, 0.4) is 0 Å². The molecule has 0 aliphatic heterocycles.